The van der Waals surface area contributed by atoms with Crippen molar-refractivity contribution in [2.45, 2.75) is 31.2 Å². The quantitative estimate of drug-likeness (QED) is 0.872. The van der Waals surface area contributed by atoms with Crippen LogP contribution in [0.25, 0.3) is 11.0 Å². The summed E-state index contributed by atoms with van der Waals surface area (Å²) in [6, 6.07) is 4.84. The third-order valence-corrected chi connectivity index (χ3v) is 3.69. The van der Waals surface area contributed by atoms with Gasteiger partial charge >= 0.3 is 5.97 Å². The number of rotatable bonds is 4. The van der Waals surface area contributed by atoms with E-state index in [9.17, 15) is 9.59 Å². The second-order valence-corrected chi connectivity index (χ2v) is 5.13. The lowest BCUT2D eigenvalue weighted by molar-refractivity contribution is -0.139. The normalized spacial score (nSPS) is 16.6. The minimum Gasteiger partial charge on any atom is -0.481 e. The first-order valence-electron chi connectivity index (χ1n) is 6.35. The molecule has 1 aliphatic carbocycles. The highest BCUT2D eigenvalue weighted by Crippen LogP contribution is 2.35. The van der Waals surface area contributed by atoms with Gasteiger partial charge in [0.1, 0.15) is 11.0 Å². The first-order valence-corrected chi connectivity index (χ1v) is 6.35. The van der Waals surface area contributed by atoms with Gasteiger partial charge in [0.05, 0.1) is 12.0 Å². The Morgan fingerprint density at radius 1 is 1.30 bits per heavy atom. The van der Waals surface area contributed by atoms with Gasteiger partial charge in [0.25, 0.3) is 5.91 Å². The Morgan fingerprint density at radius 3 is 2.70 bits per heavy atom. The summed E-state index contributed by atoms with van der Waals surface area (Å²) in [4.78, 5) is 23.1. The monoisotopic (exact) mass is 275 g/mol. The second-order valence-electron chi connectivity index (χ2n) is 5.13. The Morgan fingerprint density at radius 2 is 2.05 bits per heavy atom. The van der Waals surface area contributed by atoms with Crippen molar-refractivity contribution in [2.75, 3.05) is 0 Å². The average molecular weight is 275 g/mol. The van der Waals surface area contributed by atoms with Gasteiger partial charge < -0.3 is 10.4 Å². The number of hydrogen-bond acceptors (Lipinski definition) is 5. The fourth-order valence-electron chi connectivity index (χ4n) is 2.48. The number of nitrogens with zero attached hydrogens (tertiary/aromatic N) is 2. The molecular formula is C13H13N3O4. The van der Waals surface area contributed by atoms with Gasteiger partial charge in [-0.05, 0) is 47.8 Å². The molecule has 0 unspecified atom stereocenters. The molecule has 0 bridgehead atoms. The summed E-state index contributed by atoms with van der Waals surface area (Å²) in [5.74, 6) is -1.20. The fourth-order valence-corrected chi connectivity index (χ4v) is 2.48. The van der Waals surface area contributed by atoms with Gasteiger partial charge in [0.15, 0.2) is 0 Å². The molecule has 20 heavy (non-hydrogen) atoms. The summed E-state index contributed by atoms with van der Waals surface area (Å²) in [7, 11) is 0. The number of carbonyl (C=O) groups is 2. The SMILES string of the molecule is O=C(O)CC1(NC(=O)c2ccc3nonc3c2)CCC1. The Labute approximate surface area is 113 Å². The molecule has 0 spiro atoms. The number of carboxylic acid groups (broad SMARTS) is 1. The Bertz CT molecular complexity index is 675. The van der Waals surface area contributed by atoms with Crippen LogP contribution in [0.5, 0.6) is 0 Å². The van der Waals surface area contributed by atoms with Crippen LogP contribution in [0.15, 0.2) is 22.8 Å². The van der Waals surface area contributed by atoms with E-state index in [4.69, 9.17) is 5.11 Å². The van der Waals surface area contributed by atoms with E-state index in [1.165, 1.54) is 0 Å². The molecule has 1 amide bonds. The molecule has 104 valence electrons. The number of carbonyl (C=O) groups excluding carboxylic acids is 1. The van der Waals surface area contributed by atoms with Crippen LogP contribution in [0, 0.1) is 0 Å². The van der Waals surface area contributed by atoms with Crippen LogP contribution >= 0.6 is 0 Å². The van der Waals surface area contributed by atoms with Crippen molar-refractivity contribution in [1.29, 1.82) is 0 Å². The molecule has 0 radical (unpaired) electrons. The number of carboxylic acids is 1. The highest BCUT2D eigenvalue weighted by atomic mass is 16.6. The molecule has 7 nitrogen and oxygen atoms in total. The van der Waals surface area contributed by atoms with Crippen molar-refractivity contribution in [1.82, 2.24) is 15.6 Å². The lowest BCUT2D eigenvalue weighted by atomic mass is 9.74. The zero-order valence-corrected chi connectivity index (χ0v) is 10.6. The van der Waals surface area contributed by atoms with Crippen molar-refractivity contribution >= 4 is 22.9 Å². The van der Waals surface area contributed by atoms with Gasteiger partial charge in [-0.25, -0.2) is 4.63 Å². The average Bonchev–Trinajstić information content (AvgIpc) is 2.82. The van der Waals surface area contributed by atoms with Gasteiger partial charge in [-0.2, -0.15) is 0 Å². The maximum Gasteiger partial charge on any atom is 0.305 e. The number of nitrogens with one attached hydrogen (secondary N) is 1. The van der Waals surface area contributed by atoms with Gasteiger partial charge in [0.2, 0.25) is 0 Å². The summed E-state index contributed by atoms with van der Waals surface area (Å²) < 4.78 is 4.58. The molecule has 0 aliphatic heterocycles. The number of hydrogen-bond donors (Lipinski definition) is 2. The predicted octanol–water partition coefficient (Wildman–Crippen LogP) is 1.35. The van der Waals surface area contributed by atoms with E-state index < -0.39 is 11.5 Å². The third-order valence-electron chi connectivity index (χ3n) is 3.69. The standard InChI is InChI=1S/C13H13N3O4/c17-11(18)7-13(4-1-5-13)14-12(19)8-2-3-9-10(6-8)16-20-15-9/h2-3,6H,1,4-5,7H2,(H,14,19)(H,17,18). The maximum atomic E-state index is 12.2. The molecule has 2 N–H and O–H groups in total. The van der Waals surface area contributed by atoms with Crippen molar-refractivity contribution in [3.05, 3.63) is 23.8 Å². The van der Waals surface area contributed by atoms with E-state index in [0.717, 1.165) is 6.42 Å². The van der Waals surface area contributed by atoms with Gasteiger partial charge in [-0.3, -0.25) is 9.59 Å². The van der Waals surface area contributed by atoms with Gasteiger partial charge in [-0.15, -0.1) is 0 Å². The number of fused-ring (bicyclic) bond motifs is 1. The molecule has 0 atom stereocenters. The van der Waals surface area contributed by atoms with Crippen molar-refractivity contribution < 1.29 is 19.3 Å². The first kappa shape index (κ1) is 12.6. The van der Waals surface area contributed by atoms with Crippen LogP contribution < -0.4 is 5.32 Å². The molecule has 1 heterocycles. The molecule has 1 aliphatic rings. The van der Waals surface area contributed by atoms with E-state index in [1.54, 1.807) is 18.2 Å². The van der Waals surface area contributed by atoms with E-state index in [0.29, 0.717) is 29.4 Å². The topological polar surface area (TPSA) is 105 Å². The summed E-state index contributed by atoms with van der Waals surface area (Å²) in [5.41, 5.74) is 0.883. The number of benzene rings is 1. The van der Waals surface area contributed by atoms with Crippen LogP contribution in [0.1, 0.15) is 36.0 Å². The molecule has 2 aromatic rings. The smallest absolute Gasteiger partial charge is 0.305 e. The number of aromatic nitrogens is 2. The minimum atomic E-state index is -0.902. The molecule has 1 saturated carbocycles. The van der Waals surface area contributed by atoms with Gasteiger partial charge in [0, 0.05) is 5.56 Å². The summed E-state index contributed by atoms with van der Waals surface area (Å²) >= 11 is 0. The summed E-state index contributed by atoms with van der Waals surface area (Å²) in [6.07, 6.45) is 2.27. The van der Waals surface area contributed by atoms with Gasteiger partial charge in [-0.1, -0.05) is 0 Å². The van der Waals surface area contributed by atoms with Crippen LogP contribution in [0.3, 0.4) is 0 Å². The molecule has 1 aromatic carbocycles. The summed E-state index contributed by atoms with van der Waals surface area (Å²) in [6.45, 7) is 0. The molecule has 1 aromatic heterocycles. The van der Waals surface area contributed by atoms with E-state index in [1.807, 2.05) is 0 Å². The minimum absolute atomic E-state index is 0.0491. The second kappa shape index (κ2) is 4.59. The van der Waals surface area contributed by atoms with E-state index in [2.05, 4.69) is 20.3 Å². The van der Waals surface area contributed by atoms with Crippen molar-refractivity contribution in [3.63, 3.8) is 0 Å². The predicted molar refractivity (Wildman–Crippen MR) is 68.1 cm³/mol. The largest absolute Gasteiger partial charge is 0.481 e. The lowest BCUT2D eigenvalue weighted by Gasteiger charge is -2.41. The molecule has 0 saturated heterocycles. The van der Waals surface area contributed by atoms with Crippen LogP contribution in [-0.4, -0.2) is 32.8 Å². The highest BCUT2D eigenvalue weighted by Gasteiger charge is 2.40. The maximum absolute atomic E-state index is 12.2. The van der Waals surface area contributed by atoms with Crippen molar-refractivity contribution in [3.8, 4) is 0 Å². The molecule has 1 fully saturated rings. The third kappa shape index (κ3) is 2.22. The fraction of sp³-hybridized carbons (Fsp3) is 0.385. The lowest BCUT2D eigenvalue weighted by Crippen LogP contribution is -2.54. The van der Waals surface area contributed by atoms with Crippen LogP contribution in [-0.2, 0) is 4.79 Å². The molecule has 3 rings (SSSR count). The molecular weight excluding hydrogens is 262 g/mol. The van der Waals surface area contributed by atoms with Crippen LogP contribution in [0.4, 0.5) is 0 Å². The number of aliphatic carboxylic acids is 1. The zero-order chi connectivity index (χ0) is 14.2. The molecule has 7 heteroatoms. The van der Waals surface area contributed by atoms with E-state index in [-0.39, 0.29) is 12.3 Å². The van der Waals surface area contributed by atoms with E-state index >= 15 is 0 Å². The highest BCUT2D eigenvalue weighted by molar-refractivity contribution is 5.97. The first-order chi connectivity index (χ1) is 9.58. The Kier molecular flexibility index (Phi) is 2.89. The Balaban J connectivity index is 1.79. The summed E-state index contributed by atoms with van der Waals surface area (Å²) in [5, 5.41) is 19.1. The Hall–Kier alpha value is -2.44. The van der Waals surface area contributed by atoms with Crippen molar-refractivity contribution in [2.24, 2.45) is 0 Å². The van der Waals surface area contributed by atoms with Crippen LogP contribution in [0.2, 0.25) is 0 Å². The zero-order valence-electron chi connectivity index (χ0n) is 10.6. The number of amides is 1.